The number of benzene rings is 2. The molecule has 2 rings (SSSR count). The number of ketones is 1. The molecule has 0 atom stereocenters. The molecule has 3 heteroatoms. The monoisotopic (exact) mass is 255 g/mol. The van der Waals surface area contributed by atoms with E-state index in [0.717, 1.165) is 11.4 Å². The summed E-state index contributed by atoms with van der Waals surface area (Å²) in [4.78, 5) is 11.4. The van der Waals surface area contributed by atoms with Gasteiger partial charge in [0.15, 0.2) is 5.78 Å². The minimum Gasteiger partial charge on any atom is -0.492 e. The lowest BCUT2D eigenvalue weighted by molar-refractivity contribution is 0.101. The number of carbonyl (C=O) groups is 1. The molecule has 0 fully saturated rings. The first-order valence-electron chi connectivity index (χ1n) is 6.29. The van der Waals surface area contributed by atoms with Gasteiger partial charge in [-0.25, -0.2) is 0 Å². The van der Waals surface area contributed by atoms with Gasteiger partial charge in [-0.1, -0.05) is 30.3 Å². The van der Waals surface area contributed by atoms with Gasteiger partial charge in [0.1, 0.15) is 12.4 Å². The molecule has 0 amide bonds. The first kappa shape index (κ1) is 13.1. The number of para-hydroxylation sites is 2. The Bertz CT molecular complexity index is 537. The molecule has 0 saturated carbocycles. The average Bonchev–Trinajstić information content (AvgIpc) is 2.45. The molecule has 98 valence electrons. The molecule has 0 unspecified atom stereocenters. The fourth-order valence-corrected chi connectivity index (χ4v) is 1.82. The first-order valence-corrected chi connectivity index (χ1v) is 6.29. The molecule has 0 radical (unpaired) electrons. The molecule has 0 heterocycles. The van der Waals surface area contributed by atoms with E-state index in [-0.39, 0.29) is 5.78 Å². The zero-order valence-corrected chi connectivity index (χ0v) is 10.9. The molecule has 0 aliphatic carbocycles. The van der Waals surface area contributed by atoms with Gasteiger partial charge in [0.05, 0.1) is 0 Å². The van der Waals surface area contributed by atoms with Gasteiger partial charge in [-0.2, -0.15) is 0 Å². The number of hydrogen-bond donors (Lipinski definition) is 1. The Hall–Kier alpha value is -2.29. The van der Waals surface area contributed by atoms with Crippen molar-refractivity contribution in [2.45, 2.75) is 6.92 Å². The predicted molar refractivity (Wildman–Crippen MR) is 76.9 cm³/mol. The van der Waals surface area contributed by atoms with Crippen molar-refractivity contribution in [3.8, 4) is 5.75 Å². The Labute approximate surface area is 113 Å². The van der Waals surface area contributed by atoms with Gasteiger partial charge in [-0.15, -0.1) is 0 Å². The van der Waals surface area contributed by atoms with Crippen LogP contribution in [-0.2, 0) is 0 Å². The molecular formula is C16H17NO2. The van der Waals surface area contributed by atoms with Gasteiger partial charge in [0.25, 0.3) is 0 Å². The quantitative estimate of drug-likeness (QED) is 0.635. The van der Waals surface area contributed by atoms with Gasteiger partial charge in [-0.3, -0.25) is 4.79 Å². The first-order chi connectivity index (χ1) is 9.27. The maximum absolute atomic E-state index is 11.4. The van der Waals surface area contributed by atoms with Gasteiger partial charge in [-0.05, 0) is 31.2 Å². The Morgan fingerprint density at radius 1 is 1.05 bits per heavy atom. The maximum Gasteiger partial charge on any atom is 0.161 e. The molecule has 0 bridgehead atoms. The van der Waals surface area contributed by atoms with E-state index >= 15 is 0 Å². The van der Waals surface area contributed by atoms with E-state index in [1.165, 1.54) is 0 Å². The summed E-state index contributed by atoms with van der Waals surface area (Å²) in [5.74, 6) is 0.913. The highest BCUT2D eigenvalue weighted by atomic mass is 16.5. The van der Waals surface area contributed by atoms with Crippen LogP contribution >= 0.6 is 0 Å². The Kier molecular flexibility index (Phi) is 4.56. The summed E-state index contributed by atoms with van der Waals surface area (Å²) in [6.07, 6.45) is 0. The van der Waals surface area contributed by atoms with E-state index in [4.69, 9.17) is 4.74 Å². The second-order valence-corrected chi connectivity index (χ2v) is 4.19. The van der Waals surface area contributed by atoms with E-state index in [1.807, 2.05) is 54.6 Å². The molecular weight excluding hydrogens is 238 g/mol. The van der Waals surface area contributed by atoms with Crippen LogP contribution in [0.15, 0.2) is 54.6 Å². The maximum atomic E-state index is 11.4. The fraction of sp³-hybridized carbons (Fsp3) is 0.188. The van der Waals surface area contributed by atoms with Crippen LogP contribution in [-0.4, -0.2) is 18.9 Å². The third kappa shape index (κ3) is 3.85. The molecule has 3 nitrogen and oxygen atoms in total. The lowest BCUT2D eigenvalue weighted by Gasteiger charge is -2.11. The summed E-state index contributed by atoms with van der Waals surface area (Å²) < 4.78 is 5.58. The SMILES string of the molecule is CC(=O)c1ccccc1NCCOc1ccccc1. The second-order valence-electron chi connectivity index (χ2n) is 4.19. The summed E-state index contributed by atoms with van der Waals surface area (Å²) in [7, 11) is 0. The van der Waals surface area contributed by atoms with E-state index < -0.39 is 0 Å². The van der Waals surface area contributed by atoms with Crippen LogP contribution in [0.2, 0.25) is 0 Å². The topological polar surface area (TPSA) is 38.3 Å². The van der Waals surface area contributed by atoms with Gasteiger partial charge in [0.2, 0.25) is 0 Å². The number of Topliss-reactive ketones (excluding diaryl/α,β-unsaturated/α-hetero) is 1. The number of ether oxygens (including phenoxy) is 1. The fourth-order valence-electron chi connectivity index (χ4n) is 1.82. The molecule has 0 aliphatic rings. The minimum absolute atomic E-state index is 0.0621. The third-order valence-electron chi connectivity index (χ3n) is 2.74. The van der Waals surface area contributed by atoms with Crippen molar-refractivity contribution < 1.29 is 9.53 Å². The molecule has 0 saturated heterocycles. The van der Waals surface area contributed by atoms with Crippen molar-refractivity contribution in [1.29, 1.82) is 0 Å². The Morgan fingerprint density at radius 3 is 2.47 bits per heavy atom. The highest BCUT2D eigenvalue weighted by Crippen LogP contribution is 2.15. The summed E-state index contributed by atoms with van der Waals surface area (Å²) in [5.41, 5.74) is 1.56. The molecule has 2 aromatic rings. The van der Waals surface area contributed by atoms with Gasteiger partial charge in [0, 0.05) is 17.8 Å². The molecule has 0 spiro atoms. The minimum atomic E-state index is 0.0621. The molecule has 2 aromatic carbocycles. The van der Waals surface area contributed by atoms with Crippen LogP contribution in [0.25, 0.3) is 0 Å². The Morgan fingerprint density at radius 2 is 1.74 bits per heavy atom. The van der Waals surface area contributed by atoms with E-state index in [0.29, 0.717) is 18.7 Å². The van der Waals surface area contributed by atoms with E-state index in [1.54, 1.807) is 6.92 Å². The van der Waals surface area contributed by atoms with Crippen molar-refractivity contribution in [3.63, 3.8) is 0 Å². The Balaban J connectivity index is 1.85. The zero-order chi connectivity index (χ0) is 13.5. The largest absolute Gasteiger partial charge is 0.492 e. The number of carbonyl (C=O) groups excluding carboxylic acids is 1. The molecule has 19 heavy (non-hydrogen) atoms. The number of nitrogens with one attached hydrogen (secondary N) is 1. The average molecular weight is 255 g/mol. The summed E-state index contributed by atoms with van der Waals surface area (Å²) in [6, 6.07) is 17.2. The lowest BCUT2D eigenvalue weighted by Crippen LogP contribution is -2.13. The zero-order valence-electron chi connectivity index (χ0n) is 10.9. The van der Waals surface area contributed by atoms with Crippen molar-refractivity contribution in [2.75, 3.05) is 18.5 Å². The van der Waals surface area contributed by atoms with Crippen LogP contribution in [0.5, 0.6) is 5.75 Å². The van der Waals surface area contributed by atoms with E-state index in [2.05, 4.69) is 5.32 Å². The van der Waals surface area contributed by atoms with Crippen LogP contribution in [0, 0.1) is 0 Å². The van der Waals surface area contributed by atoms with Gasteiger partial charge >= 0.3 is 0 Å². The second kappa shape index (κ2) is 6.59. The third-order valence-corrected chi connectivity index (χ3v) is 2.74. The summed E-state index contributed by atoms with van der Waals surface area (Å²) >= 11 is 0. The standard InChI is InChI=1S/C16H17NO2/c1-13(18)15-9-5-6-10-16(15)17-11-12-19-14-7-3-2-4-8-14/h2-10,17H,11-12H2,1H3. The van der Waals surface area contributed by atoms with Crippen LogP contribution in [0.4, 0.5) is 5.69 Å². The van der Waals surface area contributed by atoms with E-state index in [9.17, 15) is 4.79 Å². The highest BCUT2D eigenvalue weighted by Gasteiger charge is 2.04. The molecule has 0 aliphatic heterocycles. The van der Waals surface area contributed by atoms with Crippen molar-refractivity contribution >= 4 is 11.5 Å². The molecule has 0 aromatic heterocycles. The van der Waals surface area contributed by atoms with Crippen LogP contribution < -0.4 is 10.1 Å². The predicted octanol–water partition coefficient (Wildman–Crippen LogP) is 3.38. The van der Waals surface area contributed by atoms with Gasteiger partial charge < -0.3 is 10.1 Å². The highest BCUT2D eigenvalue weighted by molar-refractivity contribution is 5.99. The molecule has 1 N–H and O–H groups in total. The van der Waals surface area contributed by atoms with Crippen LogP contribution in [0.1, 0.15) is 17.3 Å². The summed E-state index contributed by atoms with van der Waals surface area (Å²) in [6.45, 7) is 2.77. The number of anilines is 1. The van der Waals surface area contributed by atoms with Crippen molar-refractivity contribution in [1.82, 2.24) is 0 Å². The lowest BCUT2D eigenvalue weighted by atomic mass is 10.1. The number of hydrogen-bond acceptors (Lipinski definition) is 3. The number of rotatable bonds is 6. The van der Waals surface area contributed by atoms with Crippen LogP contribution in [0.3, 0.4) is 0 Å². The van der Waals surface area contributed by atoms with Crippen molar-refractivity contribution in [3.05, 3.63) is 60.2 Å². The smallest absolute Gasteiger partial charge is 0.161 e. The normalized spacial score (nSPS) is 9.95. The van der Waals surface area contributed by atoms with Crippen molar-refractivity contribution in [2.24, 2.45) is 0 Å². The summed E-state index contributed by atoms with van der Waals surface area (Å²) in [5, 5.41) is 3.22.